The van der Waals surface area contributed by atoms with E-state index in [9.17, 15) is 0 Å². The lowest BCUT2D eigenvalue weighted by atomic mass is 9.90. The molecule has 0 radical (unpaired) electrons. The average Bonchev–Trinajstić information content (AvgIpc) is 3.65. The Kier molecular flexibility index (Phi) is 5.20. The van der Waals surface area contributed by atoms with Crippen molar-refractivity contribution in [3.05, 3.63) is 170 Å². The van der Waals surface area contributed by atoms with Crippen molar-refractivity contribution in [2.24, 2.45) is 0 Å². The fourth-order valence-electron chi connectivity index (χ4n) is 8.53. The van der Waals surface area contributed by atoms with E-state index in [1.54, 1.807) is 0 Å². The molecule has 11 aromatic carbocycles. The fraction of sp³-hybridized carbons (Fsp3) is 0. The van der Waals surface area contributed by atoms with Gasteiger partial charge in [0.1, 0.15) is 0 Å². The average molecular weight is 605 g/mol. The quantitative estimate of drug-likeness (QED) is 0.176. The van der Waals surface area contributed by atoms with Crippen molar-refractivity contribution in [2.75, 3.05) is 0 Å². The van der Waals surface area contributed by atoms with Crippen LogP contribution in [0.4, 0.5) is 0 Å². The van der Waals surface area contributed by atoms with Crippen LogP contribution >= 0.6 is 0 Å². The van der Waals surface area contributed by atoms with Gasteiger partial charge in [-0.3, -0.25) is 0 Å². The Morgan fingerprint density at radius 2 is 0.479 bits per heavy atom. The van der Waals surface area contributed by atoms with Crippen LogP contribution in [0.3, 0.4) is 0 Å². The second-order valence-electron chi connectivity index (χ2n) is 13.2. The predicted octanol–water partition coefficient (Wildman–Crippen LogP) is 13.6. The Hall–Kier alpha value is -6.24. The zero-order valence-corrected chi connectivity index (χ0v) is 26.2. The molecular weight excluding hydrogens is 577 g/mol. The number of hydrogen-bond acceptors (Lipinski definition) is 0. The van der Waals surface area contributed by atoms with E-state index in [2.05, 4.69) is 170 Å². The van der Waals surface area contributed by atoms with Crippen LogP contribution < -0.4 is 0 Å². The summed E-state index contributed by atoms with van der Waals surface area (Å²) in [5.74, 6) is 0. The van der Waals surface area contributed by atoms with Gasteiger partial charge in [0, 0.05) is 0 Å². The topological polar surface area (TPSA) is 0 Å². The molecule has 220 valence electrons. The van der Waals surface area contributed by atoms with Crippen molar-refractivity contribution in [3.63, 3.8) is 0 Å². The molecule has 0 aliphatic rings. The fourth-order valence-corrected chi connectivity index (χ4v) is 8.53. The van der Waals surface area contributed by atoms with E-state index in [0.717, 1.165) is 0 Å². The summed E-state index contributed by atoms with van der Waals surface area (Å²) in [5.41, 5.74) is 7.50. The predicted molar refractivity (Wildman–Crippen MR) is 208 cm³/mol. The van der Waals surface area contributed by atoms with Crippen LogP contribution in [-0.2, 0) is 0 Å². The molecule has 0 fully saturated rings. The van der Waals surface area contributed by atoms with Crippen LogP contribution in [0.2, 0.25) is 0 Å². The van der Waals surface area contributed by atoms with Crippen LogP contribution in [0.1, 0.15) is 0 Å². The van der Waals surface area contributed by atoms with E-state index < -0.39 is 0 Å². The first-order chi connectivity index (χ1) is 23.8. The molecule has 0 saturated carbocycles. The highest BCUT2D eigenvalue weighted by Gasteiger charge is 2.21. The molecule has 0 aliphatic carbocycles. The van der Waals surface area contributed by atoms with Crippen LogP contribution in [0.25, 0.3) is 109 Å². The monoisotopic (exact) mass is 604 g/mol. The molecule has 0 atom stereocenters. The van der Waals surface area contributed by atoms with Crippen molar-refractivity contribution in [3.8, 4) is 33.4 Å². The molecule has 0 spiro atoms. The third-order valence-corrected chi connectivity index (χ3v) is 10.7. The lowest BCUT2D eigenvalue weighted by Gasteiger charge is -2.13. The van der Waals surface area contributed by atoms with Gasteiger partial charge in [-0.25, -0.2) is 0 Å². The molecule has 0 heteroatoms. The minimum absolute atomic E-state index is 1.24. The van der Waals surface area contributed by atoms with Gasteiger partial charge in [0.25, 0.3) is 0 Å². The molecule has 0 heterocycles. The summed E-state index contributed by atoms with van der Waals surface area (Å²) < 4.78 is 0. The Morgan fingerprint density at radius 1 is 0.167 bits per heavy atom. The highest BCUT2D eigenvalue weighted by Crippen LogP contribution is 2.49. The van der Waals surface area contributed by atoms with E-state index in [1.165, 1.54) is 109 Å². The minimum atomic E-state index is 1.24. The molecule has 0 nitrogen and oxygen atoms in total. The highest BCUT2D eigenvalue weighted by atomic mass is 14.2. The zero-order chi connectivity index (χ0) is 31.3. The van der Waals surface area contributed by atoms with Crippen molar-refractivity contribution in [2.45, 2.75) is 0 Å². The van der Waals surface area contributed by atoms with Crippen molar-refractivity contribution < 1.29 is 0 Å². The lowest BCUT2D eigenvalue weighted by Crippen LogP contribution is -1.86. The maximum atomic E-state index is 2.50. The van der Waals surface area contributed by atoms with E-state index in [1.807, 2.05) is 0 Å². The summed E-state index contributed by atoms with van der Waals surface area (Å²) in [6, 6.07) is 63.2. The van der Waals surface area contributed by atoms with E-state index in [0.29, 0.717) is 0 Å². The Labute approximate surface area is 277 Å². The van der Waals surface area contributed by atoms with Gasteiger partial charge in [0.05, 0.1) is 0 Å². The largest absolute Gasteiger partial charge is 0.0622 e. The molecule has 0 N–H and O–H groups in total. The highest BCUT2D eigenvalue weighted by molar-refractivity contribution is 6.41. The molecule has 0 amide bonds. The molecule has 0 saturated heterocycles. The van der Waals surface area contributed by atoms with Crippen LogP contribution in [0.15, 0.2) is 170 Å². The van der Waals surface area contributed by atoms with Gasteiger partial charge in [-0.05, 0) is 151 Å². The smallest absolute Gasteiger partial charge is 0.00195 e. The van der Waals surface area contributed by atoms with Gasteiger partial charge >= 0.3 is 0 Å². The normalized spacial score (nSPS) is 12.2. The number of benzene rings is 9. The zero-order valence-electron chi connectivity index (χ0n) is 26.2. The van der Waals surface area contributed by atoms with Crippen LogP contribution in [-0.4, -0.2) is 0 Å². The second kappa shape index (κ2) is 9.64. The number of fused-ring (bicyclic) bond motifs is 9. The third kappa shape index (κ3) is 3.55. The standard InChI is InChI=1S/C48H28/c1-4-12-29(13-5-1)32-20-21-37-38(22-32)46-28-40-39(44-26-34(24-42(37)48(44)46)31-16-8-3-9-17-31)27-45-36-19-11-10-18-35(36)41-23-33(25-43(40)47(41)45)30-14-6-2-7-15-30/h1-28H. The summed E-state index contributed by atoms with van der Waals surface area (Å²) in [6.45, 7) is 0. The van der Waals surface area contributed by atoms with E-state index >= 15 is 0 Å². The summed E-state index contributed by atoms with van der Waals surface area (Å²) in [5, 5.41) is 18.6. The van der Waals surface area contributed by atoms with E-state index in [4.69, 9.17) is 0 Å². The summed E-state index contributed by atoms with van der Waals surface area (Å²) in [4.78, 5) is 0. The Morgan fingerprint density at radius 3 is 0.958 bits per heavy atom. The van der Waals surface area contributed by atoms with Gasteiger partial charge in [0.15, 0.2) is 0 Å². The number of rotatable bonds is 3. The first-order valence-corrected chi connectivity index (χ1v) is 16.8. The molecule has 0 aromatic heterocycles. The first kappa shape index (κ1) is 25.9. The second-order valence-corrected chi connectivity index (χ2v) is 13.2. The molecule has 0 aliphatic heterocycles. The summed E-state index contributed by atoms with van der Waals surface area (Å²) in [6.07, 6.45) is 0. The molecule has 48 heavy (non-hydrogen) atoms. The van der Waals surface area contributed by atoms with Crippen molar-refractivity contribution >= 4 is 75.4 Å². The van der Waals surface area contributed by atoms with Crippen molar-refractivity contribution in [1.29, 1.82) is 0 Å². The molecule has 11 aromatic rings. The lowest BCUT2D eigenvalue weighted by molar-refractivity contribution is 1.65. The molecular formula is C48H28. The third-order valence-electron chi connectivity index (χ3n) is 10.7. The maximum Gasteiger partial charge on any atom is -0.00195 e. The van der Waals surface area contributed by atoms with Gasteiger partial charge < -0.3 is 0 Å². The molecule has 0 bridgehead atoms. The van der Waals surface area contributed by atoms with Crippen LogP contribution in [0.5, 0.6) is 0 Å². The van der Waals surface area contributed by atoms with Gasteiger partial charge in [-0.2, -0.15) is 0 Å². The summed E-state index contributed by atoms with van der Waals surface area (Å²) in [7, 11) is 0. The molecule has 11 rings (SSSR count). The summed E-state index contributed by atoms with van der Waals surface area (Å²) >= 11 is 0. The van der Waals surface area contributed by atoms with Gasteiger partial charge in [0.2, 0.25) is 0 Å². The SMILES string of the molecule is c1ccc(-c2ccc3c(c2)c2cc4c(cc5c6ccccc6c6cc(-c7ccccc7)cc4c65)c4cc(-c5ccccc5)cc3c42)cc1. The molecule has 0 unspecified atom stereocenters. The van der Waals surface area contributed by atoms with E-state index in [-0.39, 0.29) is 0 Å². The van der Waals surface area contributed by atoms with Crippen molar-refractivity contribution in [1.82, 2.24) is 0 Å². The first-order valence-electron chi connectivity index (χ1n) is 16.8. The Bertz CT molecular complexity index is 3010. The minimum Gasteiger partial charge on any atom is -0.0622 e. The van der Waals surface area contributed by atoms with Gasteiger partial charge in [-0.15, -0.1) is 0 Å². The van der Waals surface area contributed by atoms with Crippen LogP contribution in [0, 0.1) is 0 Å². The number of hydrogen-bond donors (Lipinski definition) is 0. The maximum absolute atomic E-state index is 2.50. The Balaban J connectivity index is 1.37. The van der Waals surface area contributed by atoms with Gasteiger partial charge in [-0.1, -0.05) is 127 Å².